The lowest BCUT2D eigenvalue weighted by Crippen LogP contribution is -2.13. The smallest absolute Gasteiger partial charge is 0.339 e. The summed E-state index contributed by atoms with van der Waals surface area (Å²) < 4.78 is 38.9. The molecule has 0 saturated heterocycles. The van der Waals surface area contributed by atoms with E-state index in [-0.39, 0.29) is 5.69 Å². The molecule has 0 aliphatic rings. The van der Waals surface area contributed by atoms with Gasteiger partial charge in [0.2, 0.25) is 0 Å². The van der Waals surface area contributed by atoms with Gasteiger partial charge in [-0.05, 0) is 60.0 Å². The summed E-state index contributed by atoms with van der Waals surface area (Å²) in [6, 6.07) is 15.7. The maximum atomic E-state index is 13.0. The highest BCUT2D eigenvalue weighted by molar-refractivity contribution is 6.07. The zero-order valence-electron chi connectivity index (χ0n) is 17.4. The highest BCUT2D eigenvalue weighted by Crippen LogP contribution is 2.32. The van der Waals surface area contributed by atoms with E-state index in [9.17, 15) is 18.0 Å². The van der Waals surface area contributed by atoms with Crippen molar-refractivity contribution in [2.75, 3.05) is 5.32 Å². The van der Waals surface area contributed by atoms with Crippen LogP contribution in [0.1, 0.15) is 21.5 Å². The fourth-order valence-corrected chi connectivity index (χ4v) is 3.85. The van der Waals surface area contributed by atoms with Gasteiger partial charge in [-0.2, -0.15) is 13.2 Å². The van der Waals surface area contributed by atoms with Crippen molar-refractivity contribution in [2.24, 2.45) is 0 Å². The Bertz CT molecular complexity index is 1520. The van der Waals surface area contributed by atoms with Gasteiger partial charge >= 0.3 is 6.18 Å². The predicted octanol–water partition coefficient (Wildman–Crippen LogP) is 6.36. The molecule has 3 aromatic carbocycles. The zero-order valence-corrected chi connectivity index (χ0v) is 17.4. The molecule has 0 atom stereocenters. The Morgan fingerprint density at radius 2 is 1.85 bits per heavy atom. The van der Waals surface area contributed by atoms with Crippen molar-refractivity contribution in [1.82, 2.24) is 15.0 Å². The molecular formula is C25H17F3N4O. The van der Waals surface area contributed by atoms with E-state index < -0.39 is 17.6 Å². The molecule has 0 bridgehead atoms. The number of aromatic amines is 1. The van der Waals surface area contributed by atoms with E-state index in [0.717, 1.165) is 50.8 Å². The standard InChI is InChI=1S/C25H17F3N4O/c1-14-5-6-16(24(33)31-18-4-2-3-17(11-18)25(26,27)28)9-20(14)15-7-8-19-21-12-29-13-30-23(21)32-22(19)10-15/h2-13H,1H3,(H,31,33)(H,29,30,32). The second-order valence-corrected chi connectivity index (χ2v) is 7.73. The number of amides is 1. The number of carbonyl (C=O) groups is 1. The lowest BCUT2D eigenvalue weighted by atomic mass is 9.97. The Morgan fingerprint density at radius 3 is 2.67 bits per heavy atom. The van der Waals surface area contributed by atoms with E-state index in [1.54, 1.807) is 18.3 Å². The fourth-order valence-electron chi connectivity index (χ4n) is 3.85. The normalized spacial score (nSPS) is 11.8. The van der Waals surface area contributed by atoms with Crippen LogP contribution in [0.15, 0.2) is 73.2 Å². The lowest BCUT2D eigenvalue weighted by Gasteiger charge is -2.12. The van der Waals surface area contributed by atoms with Crippen LogP contribution in [0.3, 0.4) is 0 Å². The average molecular weight is 446 g/mol. The number of fused-ring (bicyclic) bond motifs is 3. The van der Waals surface area contributed by atoms with Gasteiger partial charge in [-0.1, -0.05) is 24.3 Å². The van der Waals surface area contributed by atoms with Crippen molar-refractivity contribution in [3.63, 3.8) is 0 Å². The number of nitrogens with one attached hydrogen (secondary N) is 2. The molecule has 2 aromatic heterocycles. The number of aromatic nitrogens is 3. The van der Waals surface area contributed by atoms with Gasteiger partial charge in [0, 0.05) is 33.7 Å². The Balaban J connectivity index is 1.48. The summed E-state index contributed by atoms with van der Waals surface area (Å²) in [5.41, 5.74) is 3.94. The molecule has 2 N–H and O–H groups in total. The molecule has 0 unspecified atom stereocenters. The average Bonchev–Trinajstić information content (AvgIpc) is 3.17. The van der Waals surface area contributed by atoms with Crippen molar-refractivity contribution in [1.29, 1.82) is 0 Å². The Hall–Kier alpha value is -4.20. The first kappa shape index (κ1) is 20.7. The molecule has 0 aliphatic carbocycles. The van der Waals surface area contributed by atoms with Gasteiger partial charge in [-0.3, -0.25) is 4.79 Å². The van der Waals surface area contributed by atoms with Gasteiger partial charge in [0.25, 0.3) is 5.91 Å². The Morgan fingerprint density at radius 1 is 1.00 bits per heavy atom. The largest absolute Gasteiger partial charge is 0.416 e. The molecule has 164 valence electrons. The molecule has 0 aliphatic heterocycles. The van der Waals surface area contributed by atoms with Crippen LogP contribution in [0.2, 0.25) is 0 Å². The highest BCUT2D eigenvalue weighted by Gasteiger charge is 2.30. The van der Waals surface area contributed by atoms with Gasteiger partial charge in [0.1, 0.15) is 12.0 Å². The summed E-state index contributed by atoms with van der Waals surface area (Å²) >= 11 is 0. The van der Waals surface area contributed by atoms with E-state index in [4.69, 9.17) is 0 Å². The molecule has 1 amide bonds. The van der Waals surface area contributed by atoms with Crippen molar-refractivity contribution < 1.29 is 18.0 Å². The van der Waals surface area contributed by atoms with Crippen LogP contribution in [-0.2, 0) is 6.18 Å². The molecule has 0 spiro atoms. The first-order valence-corrected chi connectivity index (χ1v) is 10.1. The van der Waals surface area contributed by atoms with Crippen LogP contribution in [0.5, 0.6) is 0 Å². The van der Waals surface area contributed by atoms with Gasteiger partial charge in [-0.15, -0.1) is 0 Å². The second kappa shape index (κ2) is 7.74. The summed E-state index contributed by atoms with van der Waals surface area (Å²) in [5, 5.41) is 4.47. The topological polar surface area (TPSA) is 70.7 Å². The van der Waals surface area contributed by atoms with Crippen LogP contribution < -0.4 is 5.32 Å². The number of anilines is 1. The third-order valence-electron chi connectivity index (χ3n) is 5.53. The summed E-state index contributed by atoms with van der Waals surface area (Å²) in [5.74, 6) is -0.488. The maximum Gasteiger partial charge on any atom is 0.416 e. The first-order valence-electron chi connectivity index (χ1n) is 10.1. The molecule has 0 saturated carbocycles. The Kier molecular flexibility index (Phi) is 4.85. The molecule has 0 fully saturated rings. The monoisotopic (exact) mass is 446 g/mol. The molecule has 33 heavy (non-hydrogen) atoms. The highest BCUT2D eigenvalue weighted by atomic mass is 19.4. The van der Waals surface area contributed by atoms with Crippen molar-refractivity contribution in [3.05, 3.63) is 89.9 Å². The van der Waals surface area contributed by atoms with Crippen molar-refractivity contribution in [2.45, 2.75) is 13.1 Å². The number of H-pyrrole nitrogens is 1. The zero-order chi connectivity index (χ0) is 23.2. The predicted molar refractivity (Wildman–Crippen MR) is 121 cm³/mol. The second-order valence-electron chi connectivity index (χ2n) is 7.73. The van der Waals surface area contributed by atoms with Gasteiger partial charge in [-0.25, -0.2) is 9.97 Å². The van der Waals surface area contributed by atoms with E-state index in [1.807, 2.05) is 31.2 Å². The minimum absolute atomic E-state index is 0.0811. The van der Waals surface area contributed by atoms with E-state index in [2.05, 4.69) is 20.3 Å². The van der Waals surface area contributed by atoms with Crippen molar-refractivity contribution >= 4 is 33.5 Å². The molecule has 2 heterocycles. The molecule has 8 heteroatoms. The van der Waals surface area contributed by atoms with Crippen LogP contribution in [0.4, 0.5) is 18.9 Å². The number of rotatable bonds is 3. The molecule has 5 aromatic rings. The quantitative estimate of drug-likeness (QED) is 0.339. The third-order valence-corrected chi connectivity index (χ3v) is 5.53. The van der Waals surface area contributed by atoms with Gasteiger partial charge in [0.15, 0.2) is 0 Å². The number of hydrogen-bond donors (Lipinski definition) is 2. The number of halogens is 3. The number of benzene rings is 3. The number of alkyl halides is 3. The van der Waals surface area contributed by atoms with Gasteiger partial charge < -0.3 is 10.3 Å². The van der Waals surface area contributed by atoms with Crippen LogP contribution in [0.25, 0.3) is 33.1 Å². The number of hydrogen-bond acceptors (Lipinski definition) is 3. The van der Waals surface area contributed by atoms with E-state index in [1.165, 1.54) is 18.5 Å². The molecular weight excluding hydrogens is 429 g/mol. The van der Waals surface area contributed by atoms with Crippen LogP contribution in [0, 0.1) is 6.92 Å². The van der Waals surface area contributed by atoms with Crippen LogP contribution >= 0.6 is 0 Å². The lowest BCUT2D eigenvalue weighted by molar-refractivity contribution is -0.137. The number of nitrogens with zero attached hydrogens (tertiary/aromatic N) is 2. The number of aryl methyl sites for hydroxylation is 1. The van der Waals surface area contributed by atoms with E-state index >= 15 is 0 Å². The minimum Gasteiger partial charge on any atom is -0.339 e. The fraction of sp³-hybridized carbons (Fsp3) is 0.0800. The summed E-state index contributed by atoms with van der Waals surface area (Å²) in [6.07, 6.45) is -1.25. The summed E-state index contributed by atoms with van der Waals surface area (Å²) in [7, 11) is 0. The maximum absolute atomic E-state index is 13.0. The summed E-state index contributed by atoms with van der Waals surface area (Å²) in [6.45, 7) is 1.94. The van der Waals surface area contributed by atoms with Crippen LogP contribution in [-0.4, -0.2) is 20.9 Å². The van der Waals surface area contributed by atoms with Gasteiger partial charge in [0.05, 0.1) is 5.56 Å². The third kappa shape index (κ3) is 3.91. The van der Waals surface area contributed by atoms with Crippen molar-refractivity contribution in [3.8, 4) is 11.1 Å². The van der Waals surface area contributed by atoms with E-state index in [0.29, 0.717) is 5.56 Å². The molecule has 5 rings (SSSR count). The number of carbonyl (C=O) groups excluding carboxylic acids is 1. The summed E-state index contributed by atoms with van der Waals surface area (Å²) in [4.78, 5) is 24.4. The minimum atomic E-state index is -4.48. The molecule has 0 radical (unpaired) electrons. The first-order chi connectivity index (χ1) is 15.8. The molecule has 5 nitrogen and oxygen atoms in total. The SMILES string of the molecule is Cc1ccc(C(=O)Nc2cccc(C(F)(F)F)c2)cc1-c1ccc2c(c1)[nH]c1ncncc12. The Labute approximate surface area is 186 Å².